The van der Waals surface area contributed by atoms with Crippen molar-refractivity contribution in [1.82, 2.24) is 4.90 Å². The van der Waals surface area contributed by atoms with E-state index in [1.165, 1.54) is 0 Å². The van der Waals surface area contributed by atoms with Gasteiger partial charge in [-0.1, -0.05) is 19.8 Å². The van der Waals surface area contributed by atoms with E-state index in [1.54, 1.807) is 0 Å². The summed E-state index contributed by atoms with van der Waals surface area (Å²) >= 11 is 0. The van der Waals surface area contributed by atoms with Crippen LogP contribution in [0, 0.1) is 11.3 Å². The first-order chi connectivity index (χ1) is 8.51. The van der Waals surface area contributed by atoms with Crippen LogP contribution in [0.25, 0.3) is 0 Å². The van der Waals surface area contributed by atoms with Crippen molar-refractivity contribution in [1.29, 1.82) is 0 Å². The molecule has 0 spiro atoms. The van der Waals surface area contributed by atoms with E-state index >= 15 is 0 Å². The molecule has 0 atom stereocenters. The highest BCUT2D eigenvalue weighted by Crippen LogP contribution is 2.39. The summed E-state index contributed by atoms with van der Waals surface area (Å²) in [6.45, 7) is 3.57. The van der Waals surface area contributed by atoms with Crippen molar-refractivity contribution in [3.63, 3.8) is 0 Å². The van der Waals surface area contributed by atoms with Gasteiger partial charge in [-0.2, -0.15) is 0 Å². The number of carbonyl (C=O) groups is 2. The number of hydrogen-bond acceptors (Lipinski definition) is 2. The largest absolute Gasteiger partial charge is 0.481 e. The number of carbonyl (C=O) groups excluding carboxylic acids is 1. The van der Waals surface area contributed by atoms with Crippen LogP contribution in [0.4, 0.5) is 0 Å². The lowest BCUT2D eigenvalue weighted by Crippen LogP contribution is -2.45. The summed E-state index contributed by atoms with van der Waals surface area (Å²) in [5.41, 5.74) is -0.139. The minimum Gasteiger partial charge on any atom is -0.481 e. The van der Waals surface area contributed by atoms with Gasteiger partial charge in [-0.3, -0.25) is 9.59 Å². The summed E-state index contributed by atoms with van der Waals surface area (Å²) in [5, 5.41) is 8.77. The van der Waals surface area contributed by atoms with Gasteiger partial charge in [0.15, 0.2) is 0 Å². The Morgan fingerprint density at radius 2 is 1.78 bits per heavy atom. The second-order valence-electron chi connectivity index (χ2n) is 6.10. The van der Waals surface area contributed by atoms with Crippen molar-refractivity contribution in [3.05, 3.63) is 0 Å². The van der Waals surface area contributed by atoms with Gasteiger partial charge in [-0.05, 0) is 31.6 Å². The van der Waals surface area contributed by atoms with Gasteiger partial charge < -0.3 is 10.0 Å². The zero-order valence-electron chi connectivity index (χ0n) is 11.2. The van der Waals surface area contributed by atoms with Crippen molar-refractivity contribution in [2.75, 3.05) is 13.1 Å². The number of carboxylic acids is 1. The third-order valence-electron chi connectivity index (χ3n) is 4.59. The second-order valence-corrected chi connectivity index (χ2v) is 6.10. The van der Waals surface area contributed by atoms with Crippen LogP contribution >= 0.6 is 0 Å². The molecular formula is C14H23NO3. The first-order valence-corrected chi connectivity index (χ1v) is 7.02. The molecule has 102 valence electrons. The second kappa shape index (κ2) is 5.29. The van der Waals surface area contributed by atoms with Crippen molar-refractivity contribution in [3.8, 4) is 0 Å². The topological polar surface area (TPSA) is 57.6 Å². The van der Waals surface area contributed by atoms with Gasteiger partial charge in [0.2, 0.25) is 5.91 Å². The molecule has 0 aromatic rings. The third-order valence-corrected chi connectivity index (χ3v) is 4.59. The number of nitrogens with zero attached hydrogens (tertiary/aromatic N) is 1. The van der Waals surface area contributed by atoms with Gasteiger partial charge in [-0.25, -0.2) is 0 Å². The van der Waals surface area contributed by atoms with Gasteiger partial charge in [0.25, 0.3) is 0 Å². The van der Waals surface area contributed by atoms with Crippen LogP contribution in [0.15, 0.2) is 0 Å². The average molecular weight is 253 g/mol. The van der Waals surface area contributed by atoms with E-state index in [9.17, 15) is 9.59 Å². The van der Waals surface area contributed by atoms with E-state index in [2.05, 4.69) is 6.92 Å². The fraction of sp³-hybridized carbons (Fsp3) is 0.857. The summed E-state index contributed by atoms with van der Waals surface area (Å²) in [7, 11) is 0. The molecule has 4 heteroatoms. The Kier molecular flexibility index (Phi) is 3.93. The van der Waals surface area contributed by atoms with E-state index in [1.807, 2.05) is 4.90 Å². The smallest absolute Gasteiger partial charge is 0.303 e. The predicted octanol–water partition coefficient (Wildman–Crippen LogP) is 2.28. The molecule has 0 bridgehead atoms. The Bertz CT molecular complexity index is 326. The first-order valence-electron chi connectivity index (χ1n) is 7.02. The minimum atomic E-state index is -0.720. The number of amides is 1. The molecule has 1 saturated heterocycles. The molecule has 0 aromatic heterocycles. The fourth-order valence-corrected chi connectivity index (χ4v) is 3.34. The molecule has 1 aliphatic carbocycles. The maximum Gasteiger partial charge on any atom is 0.303 e. The zero-order chi connectivity index (χ0) is 13.2. The Morgan fingerprint density at radius 3 is 2.28 bits per heavy atom. The van der Waals surface area contributed by atoms with Crippen LogP contribution in [0.3, 0.4) is 0 Å². The number of rotatable bonds is 3. The number of aliphatic carboxylic acids is 1. The normalized spacial score (nSPS) is 24.2. The monoisotopic (exact) mass is 253 g/mol. The lowest BCUT2D eigenvalue weighted by Gasteiger charge is -2.36. The molecule has 0 aromatic carbocycles. The summed E-state index contributed by atoms with van der Waals surface area (Å²) in [5.74, 6) is -0.167. The maximum atomic E-state index is 12.5. The first kappa shape index (κ1) is 13.4. The number of hydrogen-bond donors (Lipinski definition) is 1. The van der Waals surface area contributed by atoms with Gasteiger partial charge in [0, 0.05) is 24.9 Å². The standard InChI is InChI=1S/C14H23NO3/c1-14(6-2-3-7-14)13(18)15-8-4-11(5-9-15)10-12(16)17/h11H,2-10H2,1H3,(H,16,17). The number of likely N-dealkylation sites (tertiary alicyclic amines) is 1. The van der Waals surface area contributed by atoms with Gasteiger partial charge >= 0.3 is 5.97 Å². The molecule has 1 aliphatic heterocycles. The Morgan fingerprint density at radius 1 is 1.22 bits per heavy atom. The van der Waals surface area contributed by atoms with Crippen molar-refractivity contribution in [2.45, 2.75) is 51.9 Å². The molecule has 0 unspecified atom stereocenters. The van der Waals surface area contributed by atoms with Crippen molar-refractivity contribution >= 4 is 11.9 Å². The zero-order valence-corrected chi connectivity index (χ0v) is 11.2. The summed E-state index contributed by atoms with van der Waals surface area (Å²) in [4.78, 5) is 25.1. The van der Waals surface area contributed by atoms with Crippen LogP contribution in [-0.2, 0) is 9.59 Å². The SMILES string of the molecule is CC1(C(=O)N2CCC(CC(=O)O)CC2)CCCC1. The van der Waals surface area contributed by atoms with Crippen LogP contribution < -0.4 is 0 Å². The lowest BCUT2D eigenvalue weighted by atomic mass is 9.85. The Hall–Kier alpha value is -1.06. The van der Waals surface area contributed by atoms with E-state index < -0.39 is 5.97 Å². The molecular weight excluding hydrogens is 230 g/mol. The Labute approximate surface area is 108 Å². The van der Waals surface area contributed by atoms with Crippen LogP contribution in [0.2, 0.25) is 0 Å². The highest BCUT2D eigenvalue weighted by atomic mass is 16.4. The molecule has 4 nitrogen and oxygen atoms in total. The van der Waals surface area contributed by atoms with Crippen molar-refractivity contribution in [2.24, 2.45) is 11.3 Å². The maximum absolute atomic E-state index is 12.5. The predicted molar refractivity (Wildman–Crippen MR) is 68.1 cm³/mol. The van der Waals surface area contributed by atoms with Gasteiger partial charge in [-0.15, -0.1) is 0 Å². The highest BCUT2D eigenvalue weighted by molar-refractivity contribution is 5.82. The van der Waals surface area contributed by atoms with E-state index in [4.69, 9.17) is 5.11 Å². The molecule has 1 N–H and O–H groups in total. The lowest BCUT2D eigenvalue weighted by molar-refractivity contribution is -0.143. The minimum absolute atomic E-state index is 0.139. The van der Waals surface area contributed by atoms with E-state index in [-0.39, 0.29) is 17.8 Å². The Balaban J connectivity index is 1.86. The fourth-order valence-electron chi connectivity index (χ4n) is 3.34. The molecule has 0 radical (unpaired) electrons. The van der Waals surface area contributed by atoms with Gasteiger partial charge in [0.1, 0.15) is 0 Å². The molecule has 1 heterocycles. The third kappa shape index (κ3) is 2.85. The van der Waals surface area contributed by atoms with E-state index in [0.29, 0.717) is 5.91 Å². The summed E-state index contributed by atoms with van der Waals surface area (Å²) in [6.07, 6.45) is 6.29. The molecule has 1 saturated carbocycles. The van der Waals surface area contributed by atoms with E-state index in [0.717, 1.165) is 51.6 Å². The van der Waals surface area contributed by atoms with Crippen molar-refractivity contribution < 1.29 is 14.7 Å². The summed E-state index contributed by atoms with van der Waals surface area (Å²) in [6, 6.07) is 0. The molecule has 2 fully saturated rings. The molecule has 1 amide bonds. The van der Waals surface area contributed by atoms with Gasteiger partial charge in [0.05, 0.1) is 0 Å². The summed E-state index contributed by atoms with van der Waals surface area (Å²) < 4.78 is 0. The molecule has 18 heavy (non-hydrogen) atoms. The van der Waals surface area contributed by atoms with Crippen LogP contribution in [0.5, 0.6) is 0 Å². The quantitative estimate of drug-likeness (QED) is 0.839. The number of piperidine rings is 1. The highest BCUT2D eigenvalue weighted by Gasteiger charge is 2.39. The van der Waals surface area contributed by atoms with Crippen LogP contribution in [-0.4, -0.2) is 35.0 Å². The molecule has 2 aliphatic rings. The number of carboxylic acid groups (broad SMARTS) is 1. The molecule has 2 rings (SSSR count). The average Bonchev–Trinajstić information content (AvgIpc) is 2.77. The van der Waals surface area contributed by atoms with Crippen LogP contribution in [0.1, 0.15) is 51.9 Å².